The molecule has 5 heteroatoms. The first-order chi connectivity index (χ1) is 11.6. The predicted molar refractivity (Wildman–Crippen MR) is 91.7 cm³/mol. The van der Waals surface area contributed by atoms with Gasteiger partial charge in [0, 0.05) is 33.1 Å². The molecule has 0 N–H and O–H groups in total. The van der Waals surface area contributed by atoms with Crippen molar-refractivity contribution in [3.05, 3.63) is 29.8 Å². The molecule has 2 amide bonds. The van der Waals surface area contributed by atoms with Crippen molar-refractivity contribution < 1.29 is 14.3 Å². The van der Waals surface area contributed by atoms with Crippen LogP contribution < -0.4 is 4.74 Å². The van der Waals surface area contributed by atoms with Gasteiger partial charge in [0.05, 0.1) is 13.0 Å². The third kappa shape index (κ3) is 3.71. The van der Waals surface area contributed by atoms with Crippen LogP contribution in [0.15, 0.2) is 24.3 Å². The number of carbonyl (C=O) groups is 2. The lowest BCUT2D eigenvalue weighted by molar-refractivity contribution is -0.137. The molecule has 2 saturated heterocycles. The molecule has 0 radical (unpaired) electrons. The van der Waals surface area contributed by atoms with Crippen LogP contribution in [0.1, 0.15) is 24.8 Å². The van der Waals surface area contributed by atoms with E-state index in [1.54, 1.807) is 19.1 Å². The Kier molecular flexibility index (Phi) is 5.07. The maximum Gasteiger partial charge on any atom is 0.227 e. The van der Waals surface area contributed by atoms with Crippen LogP contribution in [-0.4, -0.2) is 55.4 Å². The molecule has 0 bridgehead atoms. The smallest absolute Gasteiger partial charge is 0.227 e. The average Bonchev–Trinajstić information content (AvgIpc) is 2.95. The van der Waals surface area contributed by atoms with Crippen LogP contribution in [0.2, 0.25) is 0 Å². The number of rotatable bonds is 4. The van der Waals surface area contributed by atoms with E-state index in [2.05, 4.69) is 12.1 Å². The molecular weight excluding hydrogens is 304 g/mol. The Hall–Kier alpha value is -2.04. The summed E-state index contributed by atoms with van der Waals surface area (Å²) < 4.78 is 5.19. The largest absolute Gasteiger partial charge is 0.497 e. The number of hydrogen-bond acceptors (Lipinski definition) is 3. The highest BCUT2D eigenvalue weighted by molar-refractivity contribution is 5.89. The van der Waals surface area contributed by atoms with Crippen LogP contribution in [-0.2, 0) is 16.0 Å². The fourth-order valence-corrected chi connectivity index (χ4v) is 3.74. The average molecular weight is 330 g/mol. The molecule has 130 valence electrons. The Morgan fingerprint density at radius 1 is 1.21 bits per heavy atom. The van der Waals surface area contributed by atoms with E-state index >= 15 is 0 Å². The maximum atomic E-state index is 12.6. The van der Waals surface area contributed by atoms with Crippen molar-refractivity contribution in [1.82, 2.24) is 9.80 Å². The van der Waals surface area contributed by atoms with Crippen molar-refractivity contribution in [2.75, 3.05) is 33.8 Å². The third-order valence-electron chi connectivity index (χ3n) is 5.30. The summed E-state index contributed by atoms with van der Waals surface area (Å²) >= 11 is 0. The molecular formula is C19H26N2O3. The Balaban J connectivity index is 1.48. The molecule has 2 aliphatic rings. The van der Waals surface area contributed by atoms with E-state index in [0.29, 0.717) is 18.9 Å². The SMILES string of the molecule is COc1ccc(CC2CCN(C(=O)[C@@H]3CC(=O)N(C)C3)CC2)cc1. The molecule has 24 heavy (non-hydrogen) atoms. The molecule has 2 fully saturated rings. The quantitative estimate of drug-likeness (QED) is 0.848. The molecule has 1 aromatic rings. The highest BCUT2D eigenvalue weighted by atomic mass is 16.5. The lowest BCUT2D eigenvalue weighted by atomic mass is 9.89. The number of methoxy groups -OCH3 is 1. The fourth-order valence-electron chi connectivity index (χ4n) is 3.74. The normalized spacial score (nSPS) is 22.1. The molecule has 0 aliphatic carbocycles. The van der Waals surface area contributed by atoms with Crippen LogP contribution >= 0.6 is 0 Å². The molecule has 0 saturated carbocycles. The van der Waals surface area contributed by atoms with E-state index in [4.69, 9.17) is 4.74 Å². The van der Waals surface area contributed by atoms with Gasteiger partial charge in [-0.2, -0.15) is 0 Å². The topological polar surface area (TPSA) is 49.9 Å². The van der Waals surface area contributed by atoms with E-state index in [1.165, 1.54) is 5.56 Å². The summed E-state index contributed by atoms with van der Waals surface area (Å²) in [4.78, 5) is 27.8. The molecule has 1 aromatic carbocycles. The maximum absolute atomic E-state index is 12.6. The summed E-state index contributed by atoms with van der Waals surface area (Å²) in [6.45, 7) is 2.20. The zero-order chi connectivity index (χ0) is 17.1. The van der Waals surface area contributed by atoms with Gasteiger partial charge in [-0.1, -0.05) is 12.1 Å². The second kappa shape index (κ2) is 7.24. The van der Waals surface area contributed by atoms with E-state index in [1.807, 2.05) is 17.0 Å². The third-order valence-corrected chi connectivity index (χ3v) is 5.30. The molecule has 3 rings (SSSR count). The van der Waals surface area contributed by atoms with E-state index in [0.717, 1.165) is 38.1 Å². The number of carbonyl (C=O) groups excluding carboxylic acids is 2. The van der Waals surface area contributed by atoms with Crippen LogP contribution in [0.5, 0.6) is 5.75 Å². The lowest BCUT2D eigenvalue weighted by Gasteiger charge is -2.33. The number of nitrogens with zero attached hydrogens (tertiary/aromatic N) is 2. The summed E-state index contributed by atoms with van der Waals surface area (Å²) in [5.74, 6) is 1.62. The van der Waals surface area contributed by atoms with Gasteiger partial charge < -0.3 is 14.5 Å². The zero-order valence-corrected chi connectivity index (χ0v) is 14.5. The van der Waals surface area contributed by atoms with Crippen LogP contribution in [0.3, 0.4) is 0 Å². The number of piperidine rings is 1. The Labute approximate surface area is 143 Å². The van der Waals surface area contributed by atoms with Gasteiger partial charge in [0.2, 0.25) is 11.8 Å². The molecule has 0 spiro atoms. The Bertz CT molecular complexity index is 591. The highest BCUT2D eigenvalue weighted by Gasteiger charge is 2.35. The van der Waals surface area contributed by atoms with Crippen molar-refractivity contribution in [1.29, 1.82) is 0 Å². The van der Waals surface area contributed by atoms with Crippen molar-refractivity contribution in [2.24, 2.45) is 11.8 Å². The van der Waals surface area contributed by atoms with E-state index in [-0.39, 0.29) is 17.7 Å². The van der Waals surface area contributed by atoms with Gasteiger partial charge in [-0.05, 0) is 42.9 Å². The minimum atomic E-state index is -0.138. The lowest BCUT2D eigenvalue weighted by Crippen LogP contribution is -2.42. The van der Waals surface area contributed by atoms with Gasteiger partial charge in [-0.15, -0.1) is 0 Å². The predicted octanol–water partition coefficient (Wildman–Crippen LogP) is 1.95. The van der Waals surface area contributed by atoms with Gasteiger partial charge in [-0.3, -0.25) is 9.59 Å². The van der Waals surface area contributed by atoms with Gasteiger partial charge >= 0.3 is 0 Å². The minimum Gasteiger partial charge on any atom is -0.497 e. The number of hydrogen-bond donors (Lipinski definition) is 0. The van der Waals surface area contributed by atoms with E-state index < -0.39 is 0 Å². The van der Waals surface area contributed by atoms with Crippen LogP contribution in [0.25, 0.3) is 0 Å². The zero-order valence-electron chi connectivity index (χ0n) is 14.5. The van der Waals surface area contributed by atoms with Gasteiger partial charge in [0.25, 0.3) is 0 Å². The number of amides is 2. The second-order valence-electron chi connectivity index (χ2n) is 7.00. The molecule has 0 aromatic heterocycles. The van der Waals surface area contributed by atoms with Crippen LogP contribution in [0, 0.1) is 11.8 Å². The number of ether oxygens (including phenoxy) is 1. The summed E-state index contributed by atoms with van der Waals surface area (Å²) in [5, 5.41) is 0. The van der Waals surface area contributed by atoms with Gasteiger partial charge in [-0.25, -0.2) is 0 Å². The summed E-state index contributed by atoms with van der Waals surface area (Å²) in [5.41, 5.74) is 1.32. The van der Waals surface area contributed by atoms with E-state index in [9.17, 15) is 9.59 Å². The Morgan fingerprint density at radius 2 is 1.88 bits per heavy atom. The monoisotopic (exact) mass is 330 g/mol. The number of likely N-dealkylation sites (tertiary alicyclic amines) is 2. The molecule has 1 atom stereocenters. The standard InChI is InChI=1S/C19H26N2O3/c1-20-13-16(12-18(20)22)19(23)21-9-7-15(8-10-21)11-14-3-5-17(24-2)6-4-14/h3-6,15-16H,7-13H2,1-2H3/t16-/m1/s1. The molecule has 5 nitrogen and oxygen atoms in total. The second-order valence-corrected chi connectivity index (χ2v) is 7.00. The first-order valence-corrected chi connectivity index (χ1v) is 8.72. The first kappa shape index (κ1) is 16.8. The number of benzene rings is 1. The highest BCUT2D eigenvalue weighted by Crippen LogP contribution is 2.26. The minimum absolute atomic E-state index is 0.0859. The molecule has 2 aliphatic heterocycles. The van der Waals surface area contributed by atoms with Crippen molar-refractivity contribution >= 4 is 11.8 Å². The van der Waals surface area contributed by atoms with Gasteiger partial charge in [0.15, 0.2) is 0 Å². The summed E-state index contributed by atoms with van der Waals surface area (Å²) in [6, 6.07) is 8.25. The molecule has 2 heterocycles. The van der Waals surface area contributed by atoms with Crippen molar-refractivity contribution in [3.8, 4) is 5.75 Å². The van der Waals surface area contributed by atoms with Gasteiger partial charge in [0.1, 0.15) is 5.75 Å². The molecule has 0 unspecified atom stereocenters. The summed E-state index contributed by atoms with van der Waals surface area (Å²) in [7, 11) is 3.45. The van der Waals surface area contributed by atoms with Crippen molar-refractivity contribution in [3.63, 3.8) is 0 Å². The van der Waals surface area contributed by atoms with Crippen molar-refractivity contribution in [2.45, 2.75) is 25.7 Å². The summed E-state index contributed by atoms with van der Waals surface area (Å²) in [6.07, 6.45) is 3.50. The first-order valence-electron chi connectivity index (χ1n) is 8.72. The van der Waals surface area contributed by atoms with Crippen LogP contribution in [0.4, 0.5) is 0 Å². The Morgan fingerprint density at radius 3 is 2.42 bits per heavy atom. The fraction of sp³-hybridized carbons (Fsp3) is 0.579.